The second-order valence-corrected chi connectivity index (χ2v) is 6.75. The van der Waals surface area contributed by atoms with E-state index in [2.05, 4.69) is 0 Å². The maximum atomic E-state index is 12.3. The van der Waals surface area contributed by atoms with Crippen LogP contribution in [0, 0.1) is 0 Å². The summed E-state index contributed by atoms with van der Waals surface area (Å²) in [6.07, 6.45) is 1.25. The molecule has 1 aliphatic heterocycles. The molecule has 6 nitrogen and oxygen atoms in total. The number of amides is 1. The lowest BCUT2D eigenvalue weighted by molar-refractivity contribution is -0.138. The van der Waals surface area contributed by atoms with Crippen LogP contribution < -0.4 is 10.6 Å². The van der Waals surface area contributed by atoms with Crippen molar-refractivity contribution in [3.63, 3.8) is 0 Å². The summed E-state index contributed by atoms with van der Waals surface area (Å²) in [4.78, 5) is 25.2. The van der Waals surface area contributed by atoms with Gasteiger partial charge in [-0.25, -0.2) is 4.79 Å². The molecule has 0 saturated heterocycles. The Labute approximate surface area is 136 Å². The molecule has 1 amide bonds. The Morgan fingerprint density at radius 1 is 1.39 bits per heavy atom. The summed E-state index contributed by atoms with van der Waals surface area (Å²) in [5.74, 6) is -1.66. The van der Waals surface area contributed by atoms with Gasteiger partial charge in [-0.1, -0.05) is 12.1 Å². The minimum absolute atomic E-state index is 0.0455. The van der Waals surface area contributed by atoms with Gasteiger partial charge in [0, 0.05) is 13.1 Å². The minimum atomic E-state index is -0.938. The van der Waals surface area contributed by atoms with Crippen LogP contribution in [0.2, 0.25) is 0 Å². The first kappa shape index (κ1) is 17.3. The molecule has 1 atom stereocenters. The Balaban J connectivity index is 2.30. The molecule has 0 bridgehead atoms. The van der Waals surface area contributed by atoms with E-state index in [-0.39, 0.29) is 12.6 Å². The summed E-state index contributed by atoms with van der Waals surface area (Å²) >= 11 is 0. The average Bonchev–Trinajstić information content (AvgIpc) is 2.45. The van der Waals surface area contributed by atoms with Crippen molar-refractivity contribution in [3.05, 3.63) is 29.3 Å². The van der Waals surface area contributed by atoms with Gasteiger partial charge in [0.1, 0.15) is 5.60 Å². The van der Waals surface area contributed by atoms with Crippen molar-refractivity contribution >= 4 is 17.7 Å². The van der Waals surface area contributed by atoms with Gasteiger partial charge in [-0.2, -0.15) is 0 Å². The normalized spacial score (nSPS) is 15.7. The van der Waals surface area contributed by atoms with Gasteiger partial charge >= 0.3 is 12.1 Å². The van der Waals surface area contributed by atoms with Crippen LogP contribution in [0.4, 0.5) is 10.5 Å². The molecular weight excluding hydrogens is 296 g/mol. The molecule has 0 aromatic heterocycles. The molecule has 1 aliphatic rings. The SMILES string of the molecule is CC(C)(C)OC(=O)N1CCCc2cc(C(CN)C(=O)O)ccc21. The maximum absolute atomic E-state index is 12.3. The third-order valence-electron chi connectivity index (χ3n) is 3.77. The first-order valence-electron chi connectivity index (χ1n) is 7.79. The van der Waals surface area contributed by atoms with E-state index in [1.807, 2.05) is 26.8 Å². The first-order valence-corrected chi connectivity index (χ1v) is 7.79. The van der Waals surface area contributed by atoms with E-state index in [0.717, 1.165) is 24.1 Å². The molecule has 126 valence electrons. The van der Waals surface area contributed by atoms with Crippen LogP contribution in [-0.4, -0.2) is 35.9 Å². The van der Waals surface area contributed by atoms with Crippen molar-refractivity contribution < 1.29 is 19.4 Å². The quantitative estimate of drug-likeness (QED) is 0.892. The molecule has 0 saturated carbocycles. The highest BCUT2D eigenvalue weighted by Gasteiger charge is 2.28. The van der Waals surface area contributed by atoms with Gasteiger partial charge in [0.05, 0.1) is 11.6 Å². The van der Waals surface area contributed by atoms with Gasteiger partial charge in [0.2, 0.25) is 0 Å². The second kappa shape index (κ2) is 6.58. The molecule has 1 aromatic rings. The lowest BCUT2D eigenvalue weighted by atomic mass is 9.93. The highest BCUT2D eigenvalue weighted by molar-refractivity contribution is 5.89. The van der Waals surface area contributed by atoms with E-state index in [1.54, 1.807) is 17.0 Å². The fraction of sp³-hybridized carbons (Fsp3) is 0.529. The number of aliphatic carboxylic acids is 1. The summed E-state index contributed by atoms with van der Waals surface area (Å²) in [5, 5.41) is 9.23. The highest BCUT2D eigenvalue weighted by Crippen LogP contribution is 2.31. The van der Waals surface area contributed by atoms with Crippen molar-refractivity contribution in [2.75, 3.05) is 18.0 Å². The fourth-order valence-corrected chi connectivity index (χ4v) is 2.72. The van der Waals surface area contributed by atoms with Crippen molar-refractivity contribution in [2.24, 2.45) is 5.73 Å². The Hall–Kier alpha value is -2.08. The summed E-state index contributed by atoms with van der Waals surface area (Å²) in [5.41, 5.74) is 7.42. The zero-order valence-electron chi connectivity index (χ0n) is 13.8. The molecule has 0 fully saturated rings. The maximum Gasteiger partial charge on any atom is 0.414 e. The van der Waals surface area contributed by atoms with Gasteiger partial charge in [-0.3, -0.25) is 9.69 Å². The molecule has 0 spiro atoms. The highest BCUT2D eigenvalue weighted by atomic mass is 16.6. The number of hydrogen-bond acceptors (Lipinski definition) is 4. The van der Waals surface area contributed by atoms with Gasteiger partial charge in [-0.05, 0) is 50.8 Å². The number of carbonyl (C=O) groups is 2. The van der Waals surface area contributed by atoms with Crippen molar-refractivity contribution in [2.45, 2.75) is 45.1 Å². The molecule has 3 N–H and O–H groups in total. The summed E-state index contributed by atoms with van der Waals surface area (Å²) in [6.45, 7) is 6.14. The van der Waals surface area contributed by atoms with E-state index >= 15 is 0 Å². The first-order chi connectivity index (χ1) is 10.7. The zero-order valence-corrected chi connectivity index (χ0v) is 13.8. The van der Waals surface area contributed by atoms with E-state index in [0.29, 0.717) is 12.1 Å². The molecule has 1 heterocycles. The Kier molecular flexibility index (Phi) is 4.94. The number of rotatable bonds is 3. The second-order valence-electron chi connectivity index (χ2n) is 6.75. The number of nitrogens with two attached hydrogens (primary N) is 1. The van der Waals surface area contributed by atoms with Crippen LogP contribution in [0.15, 0.2) is 18.2 Å². The summed E-state index contributed by atoms with van der Waals surface area (Å²) < 4.78 is 5.44. The molecule has 1 aromatic carbocycles. The largest absolute Gasteiger partial charge is 0.481 e. The number of fused-ring (bicyclic) bond motifs is 1. The van der Waals surface area contributed by atoms with Crippen LogP contribution >= 0.6 is 0 Å². The number of anilines is 1. The van der Waals surface area contributed by atoms with E-state index < -0.39 is 17.5 Å². The van der Waals surface area contributed by atoms with E-state index in [9.17, 15) is 14.7 Å². The van der Waals surface area contributed by atoms with Gasteiger partial charge < -0.3 is 15.6 Å². The summed E-state index contributed by atoms with van der Waals surface area (Å²) in [7, 11) is 0. The molecule has 1 unspecified atom stereocenters. The fourth-order valence-electron chi connectivity index (χ4n) is 2.72. The molecule has 0 radical (unpaired) electrons. The van der Waals surface area contributed by atoms with E-state index in [1.165, 1.54) is 0 Å². The standard InChI is InChI=1S/C17H24N2O4/c1-17(2,3)23-16(22)19-8-4-5-12-9-11(6-7-14(12)19)13(10-18)15(20)21/h6-7,9,13H,4-5,8,10,18H2,1-3H3,(H,20,21). The number of ether oxygens (including phenoxy) is 1. The summed E-state index contributed by atoms with van der Waals surface area (Å²) in [6, 6.07) is 5.37. The predicted molar refractivity (Wildman–Crippen MR) is 87.8 cm³/mol. The van der Waals surface area contributed by atoms with Gasteiger partial charge in [0.15, 0.2) is 0 Å². The monoisotopic (exact) mass is 320 g/mol. The molecule has 2 rings (SSSR count). The number of nitrogens with zero attached hydrogens (tertiary/aromatic N) is 1. The zero-order chi connectivity index (χ0) is 17.2. The number of hydrogen-bond donors (Lipinski definition) is 2. The number of carboxylic acids is 1. The molecule has 6 heteroatoms. The van der Waals surface area contributed by atoms with Crippen LogP contribution in [0.3, 0.4) is 0 Å². The average molecular weight is 320 g/mol. The number of aryl methyl sites for hydroxylation is 1. The van der Waals surface area contributed by atoms with Crippen molar-refractivity contribution in [1.29, 1.82) is 0 Å². The van der Waals surface area contributed by atoms with Crippen molar-refractivity contribution in [1.82, 2.24) is 0 Å². The third kappa shape index (κ3) is 4.01. The van der Waals surface area contributed by atoms with Crippen LogP contribution in [0.25, 0.3) is 0 Å². The van der Waals surface area contributed by atoms with Gasteiger partial charge in [0.25, 0.3) is 0 Å². The van der Waals surface area contributed by atoms with Crippen LogP contribution in [0.5, 0.6) is 0 Å². The molecular formula is C17H24N2O4. The van der Waals surface area contributed by atoms with Crippen LogP contribution in [0.1, 0.15) is 44.2 Å². The number of carbonyl (C=O) groups excluding carboxylic acids is 1. The topological polar surface area (TPSA) is 92.9 Å². The predicted octanol–water partition coefficient (Wildman–Crippen LogP) is 2.50. The molecule has 0 aliphatic carbocycles. The Morgan fingerprint density at radius 3 is 2.65 bits per heavy atom. The molecule has 23 heavy (non-hydrogen) atoms. The Morgan fingerprint density at radius 2 is 2.09 bits per heavy atom. The Bertz CT molecular complexity index is 607. The lowest BCUT2D eigenvalue weighted by Gasteiger charge is -2.32. The number of benzene rings is 1. The minimum Gasteiger partial charge on any atom is -0.481 e. The van der Waals surface area contributed by atoms with Crippen LogP contribution in [-0.2, 0) is 16.0 Å². The number of carboxylic acid groups (broad SMARTS) is 1. The third-order valence-corrected chi connectivity index (χ3v) is 3.77. The lowest BCUT2D eigenvalue weighted by Crippen LogP contribution is -2.39. The van der Waals surface area contributed by atoms with Gasteiger partial charge in [-0.15, -0.1) is 0 Å². The van der Waals surface area contributed by atoms with E-state index in [4.69, 9.17) is 10.5 Å². The van der Waals surface area contributed by atoms with Crippen molar-refractivity contribution in [3.8, 4) is 0 Å². The smallest absolute Gasteiger partial charge is 0.414 e.